The van der Waals surface area contributed by atoms with Crippen molar-refractivity contribution < 1.29 is 9.84 Å². The van der Waals surface area contributed by atoms with Crippen molar-refractivity contribution in [3.05, 3.63) is 51.2 Å². The molecule has 3 aromatic rings. The highest BCUT2D eigenvalue weighted by atomic mass is 16.5. The minimum Gasteiger partial charge on any atom is -0.491 e. The van der Waals surface area contributed by atoms with E-state index in [4.69, 9.17) is 4.74 Å². The van der Waals surface area contributed by atoms with Gasteiger partial charge >= 0.3 is 5.69 Å². The first-order chi connectivity index (χ1) is 12.9. The van der Waals surface area contributed by atoms with Crippen LogP contribution in [0.2, 0.25) is 0 Å². The zero-order chi connectivity index (χ0) is 19.6. The summed E-state index contributed by atoms with van der Waals surface area (Å²) in [5, 5.41) is 13.6. The second-order valence-electron chi connectivity index (χ2n) is 6.61. The molecule has 0 aliphatic rings. The first-order valence-electron chi connectivity index (χ1n) is 8.68. The van der Waals surface area contributed by atoms with Gasteiger partial charge in [-0.15, -0.1) is 0 Å². The molecule has 9 heteroatoms. The lowest BCUT2D eigenvalue weighted by atomic mass is 10.3. The van der Waals surface area contributed by atoms with Crippen molar-refractivity contribution >= 4 is 17.1 Å². The molecule has 9 nitrogen and oxygen atoms in total. The van der Waals surface area contributed by atoms with Crippen LogP contribution in [0.25, 0.3) is 11.2 Å². The third-order valence-electron chi connectivity index (χ3n) is 4.00. The fourth-order valence-corrected chi connectivity index (χ4v) is 2.75. The predicted octanol–water partition coefficient (Wildman–Crippen LogP) is 0.684. The van der Waals surface area contributed by atoms with Gasteiger partial charge in [-0.2, -0.15) is 4.98 Å². The summed E-state index contributed by atoms with van der Waals surface area (Å²) in [5.74, 6) is 1.05. The molecule has 3 N–H and O–H groups in total. The topological polar surface area (TPSA) is 114 Å². The predicted molar refractivity (Wildman–Crippen MR) is 102 cm³/mol. The van der Waals surface area contributed by atoms with Gasteiger partial charge in [0.2, 0.25) is 5.95 Å². The molecule has 0 spiro atoms. The minimum atomic E-state index is -0.882. The van der Waals surface area contributed by atoms with Gasteiger partial charge in [0.05, 0.1) is 6.54 Å². The summed E-state index contributed by atoms with van der Waals surface area (Å²) in [4.78, 5) is 30.9. The molecule has 1 unspecified atom stereocenters. The van der Waals surface area contributed by atoms with Gasteiger partial charge in [0, 0.05) is 13.1 Å². The normalized spacial score (nSPS) is 12.5. The Bertz CT molecular complexity index is 1040. The molecule has 0 aliphatic heterocycles. The van der Waals surface area contributed by atoms with Crippen molar-refractivity contribution in [1.82, 2.24) is 19.1 Å². The SMILES string of the molecule is CC(C)Nc1nc2c(c(=O)[nH]c(=O)n2C)n1CC(O)COc1ccccc1. The molecule has 0 aliphatic carbocycles. The van der Waals surface area contributed by atoms with Gasteiger partial charge in [-0.1, -0.05) is 18.2 Å². The van der Waals surface area contributed by atoms with Crippen LogP contribution in [0.5, 0.6) is 5.75 Å². The summed E-state index contributed by atoms with van der Waals surface area (Å²) in [6.45, 7) is 4.00. The number of fused-ring (bicyclic) bond motifs is 1. The monoisotopic (exact) mass is 373 g/mol. The molecule has 2 heterocycles. The quantitative estimate of drug-likeness (QED) is 0.561. The molecule has 0 saturated carbocycles. The van der Waals surface area contributed by atoms with Crippen molar-refractivity contribution in [3.8, 4) is 5.75 Å². The number of aryl methyl sites for hydroxylation is 1. The second kappa shape index (κ2) is 7.67. The van der Waals surface area contributed by atoms with E-state index in [-0.39, 0.29) is 30.4 Å². The first-order valence-corrected chi connectivity index (χ1v) is 8.68. The number of hydrogen-bond donors (Lipinski definition) is 3. The van der Waals surface area contributed by atoms with Crippen molar-refractivity contribution in [2.24, 2.45) is 7.05 Å². The van der Waals surface area contributed by atoms with Crippen LogP contribution in [0.3, 0.4) is 0 Å². The number of para-hydroxylation sites is 1. The summed E-state index contributed by atoms with van der Waals surface area (Å²) in [6, 6.07) is 9.21. The van der Waals surface area contributed by atoms with Crippen LogP contribution < -0.4 is 21.3 Å². The Morgan fingerprint density at radius 2 is 1.96 bits per heavy atom. The van der Waals surface area contributed by atoms with Crippen LogP contribution in [0, 0.1) is 0 Å². The number of ether oxygens (including phenoxy) is 1. The average molecular weight is 373 g/mol. The fourth-order valence-electron chi connectivity index (χ4n) is 2.75. The number of nitrogens with zero attached hydrogens (tertiary/aromatic N) is 3. The Labute approximate surface area is 155 Å². The van der Waals surface area contributed by atoms with E-state index < -0.39 is 17.4 Å². The van der Waals surface area contributed by atoms with Gasteiger partial charge in [0.1, 0.15) is 18.5 Å². The van der Waals surface area contributed by atoms with Crippen LogP contribution in [-0.4, -0.2) is 43.0 Å². The number of benzene rings is 1. The molecule has 27 heavy (non-hydrogen) atoms. The van der Waals surface area contributed by atoms with Crippen LogP contribution in [0.1, 0.15) is 13.8 Å². The van der Waals surface area contributed by atoms with E-state index in [1.807, 2.05) is 32.0 Å². The number of imidazole rings is 1. The van der Waals surface area contributed by atoms with E-state index in [1.54, 1.807) is 16.7 Å². The number of hydrogen-bond acceptors (Lipinski definition) is 6. The number of H-pyrrole nitrogens is 1. The summed E-state index contributed by atoms with van der Waals surface area (Å²) >= 11 is 0. The van der Waals surface area contributed by atoms with E-state index in [0.29, 0.717) is 11.7 Å². The largest absolute Gasteiger partial charge is 0.491 e. The van der Waals surface area contributed by atoms with Gasteiger partial charge in [0.25, 0.3) is 5.56 Å². The van der Waals surface area contributed by atoms with E-state index >= 15 is 0 Å². The number of nitrogens with one attached hydrogen (secondary N) is 2. The Morgan fingerprint density at radius 3 is 2.63 bits per heavy atom. The lowest BCUT2D eigenvalue weighted by molar-refractivity contribution is 0.0938. The summed E-state index contributed by atoms with van der Waals surface area (Å²) < 4.78 is 8.42. The highest BCUT2D eigenvalue weighted by Crippen LogP contribution is 2.17. The average Bonchev–Trinajstić information content (AvgIpc) is 2.97. The molecule has 0 radical (unpaired) electrons. The van der Waals surface area contributed by atoms with Crippen molar-refractivity contribution in [2.45, 2.75) is 32.5 Å². The minimum absolute atomic E-state index is 0.0501. The molecule has 1 atom stereocenters. The van der Waals surface area contributed by atoms with Gasteiger partial charge in [0.15, 0.2) is 11.2 Å². The standard InChI is InChI=1S/C18H23N5O4/c1-11(2)19-17-20-15-14(16(25)21-18(26)22(15)3)23(17)9-12(24)10-27-13-7-5-4-6-8-13/h4-8,11-12,24H,9-10H2,1-3H3,(H,19,20)(H,21,25,26). The van der Waals surface area contributed by atoms with Crippen molar-refractivity contribution in [1.29, 1.82) is 0 Å². The lowest BCUT2D eigenvalue weighted by Crippen LogP contribution is -2.31. The highest BCUT2D eigenvalue weighted by Gasteiger charge is 2.20. The van der Waals surface area contributed by atoms with E-state index in [9.17, 15) is 14.7 Å². The summed E-state index contributed by atoms with van der Waals surface area (Å²) in [5.41, 5.74) is -0.614. The van der Waals surface area contributed by atoms with Crippen LogP contribution in [0.15, 0.2) is 39.9 Å². The molecular formula is C18H23N5O4. The molecule has 0 saturated heterocycles. The maximum atomic E-state index is 12.4. The van der Waals surface area contributed by atoms with Gasteiger partial charge in [-0.25, -0.2) is 4.79 Å². The van der Waals surface area contributed by atoms with Gasteiger partial charge in [-0.05, 0) is 26.0 Å². The van der Waals surface area contributed by atoms with E-state index in [1.165, 1.54) is 11.6 Å². The Hall–Kier alpha value is -3.07. The van der Waals surface area contributed by atoms with Crippen LogP contribution in [0.4, 0.5) is 5.95 Å². The molecule has 0 fully saturated rings. The third kappa shape index (κ3) is 4.03. The third-order valence-corrected chi connectivity index (χ3v) is 4.00. The number of aliphatic hydroxyl groups is 1. The molecule has 0 bridgehead atoms. The second-order valence-corrected chi connectivity index (χ2v) is 6.61. The highest BCUT2D eigenvalue weighted by molar-refractivity contribution is 5.74. The fraction of sp³-hybridized carbons (Fsp3) is 0.389. The van der Waals surface area contributed by atoms with Crippen LogP contribution >= 0.6 is 0 Å². The van der Waals surface area contributed by atoms with Crippen LogP contribution in [-0.2, 0) is 13.6 Å². The molecular weight excluding hydrogens is 350 g/mol. The van der Waals surface area contributed by atoms with Crippen molar-refractivity contribution in [3.63, 3.8) is 0 Å². The molecule has 3 rings (SSSR count). The number of aromatic amines is 1. The maximum absolute atomic E-state index is 12.4. The zero-order valence-corrected chi connectivity index (χ0v) is 15.5. The van der Waals surface area contributed by atoms with E-state index in [0.717, 1.165) is 0 Å². The molecule has 0 amide bonds. The van der Waals surface area contributed by atoms with E-state index in [2.05, 4.69) is 15.3 Å². The van der Waals surface area contributed by atoms with Gasteiger partial charge in [-0.3, -0.25) is 14.3 Å². The maximum Gasteiger partial charge on any atom is 0.329 e. The lowest BCUT2D eigenvalue weighted by Gasteiger charge is -2.16. The Morgan fingerprint density at radius 1 is 1.26 bits per heavy atom. The smallest absolute Gasteiger partial charge is 0.329 e. The van der Waals surface area contributed by atoms with Gasteiger partial charge < -0.3 is 19.7 Å². The molecule has 1 aromatic carbocycles. The molecule has 2 aromatic heterocycles. The number of aromatic nitrogens is 4. The summed E-state index contributed by atoms with van der Waals surface area (Å²) in [7, 11) is 1.53. The number of anilines is 1. The Balaban J connectivity index is 1.92. The first kappa shape index (κ1) is 18.7. The zero-order valence-electron chi connectivity index (χ0n) is 15.5. The summed E-state index contributed by atoms with van der Waals surface area (Å²) in [6.07, 6.45) is -0.882. The number of aliphatic hydroxyl groups excluding tert-OH is 1. The Kier molecular flexibility index (Phi) is 5.31. The molecule has 144 valence electrons. The number of rotatable bonds is 7. The van der Waals surface area contributed by atoms with Crippen molar-refractivity contribution in [2.75, 3.05) is 11.9 Å².